The van der Waals surface area contributed by atoms with Crippen LogP contribution < -0.4 is 10.2 Å². The molecule has 0 spiro atoms. The van der Waals surface area contributed by atoms with Crippen molar-refractivity contribution < 1.29 is 4.79 Å². The predicted molar refractivity (Wildman–Crippen MR) is 133 cm³/mol. The number of nitrogens with one attached hydrogen (secondary N) is 1. The Kier molecular flexibility index (Phi) is 6.83. The van der Waals surface area contributed by atoms with E-state index in [-0.39, 0.29) is 5.54 Å². The first-order valence-corrected chi connectivity index (χ1v) is 12.4. The van der Waals surface area contributed by atoms with Gasteiger partial charge in [0.2, 0.25) is 0 Å². The number of benzene rings is 1. The first kappa shape index (κ1) is 22.1. The summed E-state index contributed by atoms with van der Waals surface area (Å²) in [6.07, 6.45) is 12.7. The van der Waals surface area contributed by atoms with Gasteiger partial charge in [0.15, 0.2) is 0 Å². The minimum Gasteiger partial charge on any atom is -0.372 e. The van der Waals surface area contributed by atoms with Crippen molar-refractivity contribution in [2.45, 2.75) is 63.3 Å². The van der Waals surface area contributed by atoms with E-state index in [0.29, 0.717) is 6.42 Å². The van der Waals surface area contributed by atoms with Gasteiger partial charge in [-0.05, 0) is 88.4 Å². The largest absolute Gasteiger partial charge is 0.372 e. The summed E-state index contributed by atoms with van der Waals surface area (Å²) in [5.74, 6) is 0. The zero-order valence-corrected chi connectivity index (χ0v) is 19.7. The lowest BCUT2D eigenvalue weighted by atomic mass is 9.77. The second kappa shape index (κ2) is 9.58. The number of carbonyl (C=O) groups is 1. The first-order chi connectivity index (χ1) is 15.1. The third-order valence-corrected chi connectivity index (χ3v) is 7.51. The molecule has 164 valence electrons. The van der Waals surface area contributed by atoms with Gasteiger partial charge < -0.3 is 15.0 Å². The molecule has 0 bridgehead atoms. The molecule has 5 heteroatoms. The van der Waals surface area contributed by atoms with Gasteiger partial charge >= 0.3 is 0 Å². The van der Waals surface area contributed by atoms with Crippen LogP contribution in [0.25, 0.3) is 0 Å². The summed E-state index contributed by atoms with van der Waals surface area (Å²) in [5.41, 5.74) is 6.03. The van der Waals surface area contributed by atoms with E-state index < -0.39 is 0 Å². The van der Waals surface area contributed by atoms with Gasteiger partial charge in [-0.1, -0.05) is 23.9 Å². The van der Waals surface area contributed by atoms with E-state index in [1.807, 2.05) is 11.8 Å². The van der Waals surface area contributed by atoms with E-state index in [4.69, 9.17) is 4.99 Å². The van der Waals surface area contributed by atoms with E-state index in [9.17, 15) is 4.79 Å². The van der Waals surface area contributed by atoms with E-state index >= 15 is 0 Å². The molecule has 1 N–H and O–H groups in total. The van der Waals surface area contributed by atoms with E-state index in [2.05, 4.69) is 67.4 Å². The Hall–Kier alpha value is -2.11. The molecule has 0 saturated heterocycles. The van der Waals surface area contributed by atoms with Crippen molar-refractivity contribution in [2.75, 3.05) is 24.5 Å². The number of fused-ring (bicyclic) bond motifs is 3. The maximum atomic E-state index is 10.6. The second-order valence-corrected chi connectivity index (χ2v) is 9.60. The number of thioether (sulfide) groups is 1. The molecule has 31 heavy (non-hydrogen) atoms. The van der Waals surface area contributed by atoms with Gasteiger partial charge in [-0.3, -0.25) is 0 Å². The Labute approximate surface area is 190 Å². The molecule has 1 atom stereocenters. The molecule has 1 aliphatic heterocycles. The van der Waals surface area contributed by atoms with Crippen molar-refractivity contribution in [3.8, 4) is 0 Å². The number of aldehydes is 1. The highest BCUT2D eigenvalue weighted by molar-refractivity contribution is 8.04. The van der Waals surface area contributed by atoms with Crippen LogP contribution in [0.3, 0.4) is 0 Å². The molecule has 4 rings (SSSR count). The SMILES string of the molecule is CCN(CC)c1ccc2c(c1)SC1=CC(C)(NCCCCC=O)C3=C(CCC=C3)C1=N2. The Morgan fingerprint density at radius 2 is 2.10 bits per heavy atom. The number of aliphatic imine (C=N–C) groups is 1. The predicted octanol–water partition coefficient (Wildman–Crippen LogP) is 5.97. The molecule has 1 heterocycles. The lowest BCUT2D eigenvalue weighted by Gasteiger charge is -2.39. The topological polar surface area (TPSA) is 44.7 Å². The average molecular weight is 436 g/mol. The van der Waals surface area contributed by atoms with Crippen molar-refractivity contribution in [1.29, 1.82) is 0 Å². The van der Waals surface area contributed by atoms with Crippen LogP contribution in [0.2, 0.25) is 0 Å². The summed E-state index contributed by atoms with van der Waals surface area (Å²) in [6, 6.07) is 6.68. The molecule has 4 nitrogen and oxygen atoms in total. The van der Waals surface area contributed by atoms with Crippen molar-refractivity contribution >= 4 is 35.1 Å². The monoisotopic (exact) mass is 435 g/mol. The van der Waals surface area contributed by atoms with Gasteiger partial charge in [0.25, 0.3) is 0 Å². The number of anilines is 1. The molecule has 0 saturated carbocycles. The first-order valence-electron chi connectivity index (χ1n) is 11.6. The van der Waals surface area contributed by atoms with Gasteiger partial charge in [-0.15, -0.1) is 0 Å². The summed E-state index contributed by atoms with van der Waals surface area (Å²) in [5, 5.41) is 3.78. The summed E-state index contributed by atoms with van der Waals surface area (Å²) in [4.78, 5) is 20.6. The number of hydrogen-bond donors (Lipinski definition) is 1. The molecule has 1 aromatic rings. The molecule has 0 aromatic heterocycles. The fourth-order valence-electron chi connectivity index (χ4n) is 4.70. The van der Waals surface area contributed by atoms with Crippen molar-refractivity contribution in [3.63, 3.8) is 0 Å². The maximum absolute atomic E-state index is 10.6. The van der Waals surface area contributed by atoms with Crippen LogP contribution >= 0.6 is 11.8 Å². The third kappa shape index (κ3) is 4.44. The molecular formula is C26H33N3OS. The fourth-order valence-corrected chi connectivity index (χ4v) is 5.90. The smallest absolute Gasteiger partial charge is 0.119 e. The quantitative estimate of drug-likeness (QED) is 0.383. The van der Waals surface area contributed by atoms with Crippen LogP contribution in [-0.2, 0) is 4.79 Å². The molecule has 0 radical (unpaired) electrons. The number of allylic oxidation sites excluding steroid dienone is 3. The average Bonchev–Trinajstić information content (AvgIpc) is 2.79. The number of rotatable bonds is 9. The van der Waals surface area contributed by atoms with Crippen LogP contribution in [-0.4, -0.2) is 37.2 Å². The van der Waals surface area contributed by atoms with Gasteiger partial charge in [0.05, 0.1) is 16.9 Å². The van der Waals surface area contributed by atoms with Gasteiger partial charge in [-0.25, -0.2) is 4.99 Å². The Bertz CT molecular complexity index is 971. The van der Waals surface area contributed by atoms with Crippen LogP contribution in [0.15, 0.2) is 62.4 Å². The lowest BCUT2D eigenvalue weighted by Crippen LogP contribution is -2.46. The molecule has 3 aliphatic rings. The fraction of sp³-hybridized carbons (Fsp3) is 0.462. The Balaban J connectivity index is 1.67. The van der Waals surface area contributed by atoms with Crippen LogP contribution in [0.1, 0.15) is 52.9 Å². The maximum Gasteiger partial charge on any atom is 0.119 e. The minimum absolute atomic E-state index is 0.206. The highest BCUT2D eigenvalue weighted by Crippen LogP contribution is 2.48. The number of unbranched alkanes of at least 4 members (excludes halogenated alkanes) is 2. The standard InChI is InChI=1S/C26H33N3OS/c1-4-29(5-2)19-13-14-22-23(17-19)31-24-18-26(3,27-15-9-6-10-16-30)21-12-8-7-11-20(21)25(24)28-22/h8,12-14,16-18,27H,4-7,9-11,15H2,1-3H3. The third-order valence-electron chi connectivity index (χ3n) is 6.43. The van der Waals surface area contributed by atoms with Gasteiger partial charge in [0, 0.05) is 35.0 Å². The van der Waals surface area contributed by atoms with Crippen LogP contribution in [0.4, 0.5) is 11.4 Å². The second-order valence-electron chi connectivity index (χ2n) is 8.52. The van der Waals surface area contributed by atoms with E-state index in [1.54, 1.807) is 0 Å². The molecule has 2 aliphatic carbocycles. The molecule has 1 unspecified atom stereocenters. The number of carbonyl (C=O) groups excluding carboxylic acids is 1. The number of nitrogens with zero attached hydrogens (tertiary/aromatic N) is 2. The highest BCUT2D eigenvalue weighted by Gasteiger charge is 2.37. The van der Waals surface area contributed by atoms with Crippen molar-refractivity contribution in [2.24, 2.45) is 4.99 Å². The molecule has 0 amide bonds. The molecule has 0 fully saturated rings. The van der Waals surface area contributed by atoms with Crippen molar-refractivity contribution in [1.82, 2.24) is 5.32 Å². The Morgan fingerprint density at radius 1 is 1.26 bits per heavy atom. The minimum atomic E-state index is -0.206. The zero-order chi connectivity index (χ0) is 21.8. The Morgan fingerprint density at radius 3 is 2.87 bits per heavy atom. The summed E-state index contributed by atoms with van der Waals surface area (Å²) in [6.45, 7) is 9.60. The van der Waals surface area contributed by atoms with E-state index in [1.165, 1.54) is 26.6 Å². The number of hydrogen-bond acceptors (Lipinski definition) is 5. The summed E-state index contributed by atoms with van der Waals surface area (Å²) < 4.78 is 0. The van der Waals surface area contributed by atoms with Crippen LogP contribution in [0.5, 0.6) is 0 Å². The summed E-state index contributed by atoms with van der Waals surface area (Å²) >= 11 is 1.86. The van der Waals surface area contributed by atoms with E-state index in [0.717, 1.165) is 63.0 Å². The lowest BCUT2D eigenvalue weighted by molar-refractivity contribution is -0.107. The normalized spacial score (nSPS) is 21.6. The molecular weight excluding hydrogens is 402 g/mol. The highest BCUT2D eigenvalue weighted by atomic mass is 32.2. The molecule has 1 aromatic carbocycles. The zero-order valence-electron chi connectivity index (χ0n) is 18.9. The van der Waals surface area contributed by atoms with Crippen LogP contribution in [0, 0.1) is 0 Å². The van der Waals surface area contributed by atoms with Crippen molar-refractivity contribution in [3.05, 3.63) is 52.5 Å². The van der Waals surface area contributed by atoms with Gasteiger partial charge in [0.1, 0.15) is 6.29 Å². The van der Waals surface area contributed by atoms with Gasteiger partial charge in [-0.2, -0.15) is 0 Å². The summed E-state index contributed by atoms with van der Waals surface area (Å²) in [7, 11) is 0.